The number of nitro groups is 1. The molecule has 118 valence electrons. The highest BCUT2D eigenvalue weighted by molar-refractivity contribution is 7.89. The number of nitrogens with one attached hydrogen (secondary N) is 1. The molecule has 2 rings (SSSR count). The summed E-state index contributed by atoms with van der Waals surface area (Å²) in [5, 5.41) is 19.8. The zero-order valence-electron chi connectivity index (χ0n) is 11.6. The van der Waals surface area contributed by atoms with Gasteiger partial charge in [-0.05, 0) is 18.6 Å². The van der Waals surface area contributed by atoms with Crippen molar-refractivity contribution in [1.82, 2.24) is 4.98 Å². The summed E-state index contributed by atoms with van der Waals surface area (Å²) in [6.45, 7) is 2.34. The molecule has 0 bridgehead atoms. The van der Waals surface area contributed by atoms with Crippen LogP contribution in [0, 0.1) is 10.1 Å². The molecule has 1 heterocycles. The standard InChI is InChI=1S/C12H14N4O4S2/c1-2-8-6-15-12(21-8)7-14-10-4-3-9(22(13,19)20)5-11(10)16(17)18/h3-6,14H,2,7H2,1H3,(H2,13,19,20). The molecule has 8 nitrogen and oxygen atoms in total. The number of primary sulfonamides is 1. The topological polar surface area (TPSA) is 128 Å². The first-order valence-electron chi connectivity index (χ1n) is 6.30. The normalized spacial score (nSPS) is 11.4. The lowest BCUT2D eigenvalue weighted by Crippen LogP contribution is -2.13. The zero-order valence-corrected chi connectivity index (χ0v) is 13.3. The Bertz CT molecular complexity index is 801. The molecule has 22 heavy (non-hydrogen) atoms. The first kappa shape index (κ1) is 16.3. The highest BCUT2D eigenvalue weighted by Gasteiger charge is 2.19. The molecule has 2 aromatic rings. The molecule has 0 aliphatic heterocycles. The van der Waals surface area contributed by atoms with E-state index in [2.05, 4.69) is 10.3 Å². The number of thiazole rings is 1. The van der Waals surface area contributed by atoms with Gasteiger partial charge in [0.1, 0.15) is 10.7 Å². The fourth-order valence-corrected chi connectivity index (χ4v) is 3.09. The van der Waals surface area contributed by atoms with Crippen molar-refractivity contribution in [3.63, 3.8) is 0 Å². The first-order chi connectivity index (χ1) is 10.3. The van der Waals surface area contributed by atoms with Crippen LogP contribution in [-0.2, 0) is 23.0 Å². The van der Waals surface area contributed by atoms with E-state index in [1.165, 1.54) is 23.5 Å². The van der Waals surface area contributed by atoms with Gasteiger partial charge in [-0.3, -0.25) is 10.1 Å². The molecule has 0 atom stereocenters. The Hall–Kier alpha value is -2.04. The van der Waals surface area contributed by atoms with Crippen LogP contribution in [0.15, 0.2) is 29.3 Å². The number of hydrogen-bond acceptors (Lipinski definition) is 7. The van der Waals surface area contributed by atoms with Crippen molar-refractivity contribution in [2.75, 3.05) is 5.32 Å². The predicted molar refractivity (Wildman–Crippen MR) is 83.3 cm³/mol. The van der Waals surface area contributed by atoms with E-state index in [0.717, 1.165) is 22.4 Å². The number of aromatic nitrogens is 1. The first-order valence-corrected chi connectivity index (χ1v) is 8.66. The summed E-state index contributed by atoms with van der Waals surface area (Å²) < 4.78 is 22.5. The third-order valence-corrected chi connectivity index (χ3v) is 4.93. The molecular formula is C12H14N4O4S2. The second-order valence-corrected chi connectivity index (χ2v) is 7.17. The van der Waals surface area contributed by atoms with Gasteiger partial charge >= 0.3 is 0 Å². The van der Waals surface area contributed by atoms with Crippen LogP contribution in [0.2, 0.25) is 0 Å². The molecule has 0 unspecified atom stereocenters. The van der Waals surface area contributed by atoms with Crippen LogP contribution < -0.4 is 10.5 Å². The maximum absolute atomic E-state index is 11.3. The van der Waals surface area contributed by atoms with Crippen LogP contribution >= 0.6 is 11.3 Å². The highest BCUT2D eigenvalue weighted by atomic mass is 32.2. The minimum absolute atomic E-state index is 0.214. The van der Waals surface area contributed by atoms with E-state index in [1.54, 1.807) is 6.20 Å². The molecule has 0 radical (unpaired) electrons. The van der Waals surface area contributed by atoms with Crippen molar-refractivity contribution in [2.24, 2.45) is 5.14 Å². The minimum atomic E-state index is -3.99. The second-order valence-electron chi connectivity index (χ2n) is 4.41. The molecule has 0 amide bonds. The molecular weight excluding hydrogens is 328 g/mol. The SMILES string of the molecule is CCc1cnc(CNc2ccc(S(N)(=O)=O)cc2[N+](=O)[O-])s1. The van der Waals surface area contributed by atoms with Crippen molar-refractivity contribution >= 4 is 32.7 Å². The number of benzene rings is 1. The monoisotopic (exact) mass is 342 g/mol. The predicted octanol–water partition coefficient (Wildman–Crippen LogP) is 1.87. The Kier molecular flexibility index (Phi) is 4.74. The van der Waals surface area contributed by atoms with Gasteiger partial charge < -0.3 is 5.32 Å². The fraction of sp³-hybridized carbons (Fsp3) is 0.250. The lowest BCUT2D eigenvalue weighted by molar-refractivity contribution is -0.384. The highest BCUT2D eigenvalue weighted by Crippen LogP contribution is 2.28. The maximum atomic E-state index is 11.3. The second kappa shape index (κ2) is 6.38. The summed E-state index contributed by atoms with van der Waals surface area (Å²) in [7, 11) is -3.99. The summed E-state index contributed by atoms with van der Waals surface area (Å²) in [4.78, 5) is 15.4. The van der Waals surface area contributed by atoms with Gasteiger partial charge in [-0.15, -0.1) is 11.3 Å². The van der Waals surface area contributed by atoms with Crippen LogP contribution in [-0.4, -0.2) is 18.3 Å². The molecule has 0 aliphatic carbocycles. The number of aryl methyl sites for hydroxylation is 1. The number of anilines is 1. The molecule has 0 spiro atoms. The molecule has 0 fully saturated rings. The molecule has 0 aliphatic rings. The fourth-order valence-electron chi connectivity index (χ4n) is 1.75. The quantitative estimate of drug-likeness (QED) is 0.609. The van der Waals surface area contributed by atoms with E-state index in [4.69, 9.17) is 5.14 Å². The number of nitro benzene ring substituents is 1. The molecule has 3 N–H and O–H groups in total. The van der Waals surface area contributed by atoms with E-state index >= 15 is 0 Å². The van der Waals surface area contributed by atoms with Gasteiger partial charge in [0.25, 0.3) is 5.69 Å². The van der Waals surface area contributed by atoms with Crippen molar-refractivity contribution in [2.45, 2.75) is 24.8 Å². The van der Waals surface area contributed by atoms with E-state index in [0.29, 0.717) is 6.54 Å². The molecule has 1 aromatic carbocycles. The average Bonchev–Trinajstić information content (AvgIpc) is 2.91. The van der Waals surface area contributed by atoms with Gasteiger partial charge in [0.2, 0.25) is 10.0 Å². The Morgan fingerprint density at radius 2 is 2.18 bits per heavy atom. The maximum Gasteiger partial charge on any atom is 0.293 e. The lowest BCUT2D eigenvalue weighted by atomic mass is 10.2. The lowest BCUT2D eigenvalue weighted by Gasteiger charge is -2.06. The third-order valence-electron chi connectivity index (χ3n) is 2.87. The Labute approximate surface area is 131 Å². The van der Waals surface area contributed by atoms with Crippen LogP contribution in [0.4, 0.5) is 11.4 Å². The number of nitrogens with two attached hydrogens (primary N) is 1. The summed E-state index contributed by atoms with van der Waals surface area (Å²) >= 11 is 1.51. The summed E-state index contributed by atoms with van der Waals surface area (Å²) in [6.07, 6.45) is 2.64. The smallest absolute Gasteiger partial charge is 0.293 e. The molecule has 1 aromatic heterocycles. The number of hydrogen-bond donors (Lipinski definition) is 2. The van der Waals surface area contributed by atoms with Gasteiger partial charge in [-0.2, -0.15) is 0 Å². The molecule has 0 saturated heterocycles. The van der Waals surface area contributed by atoms with Gasteiger partial charge in [0.15, 0.2) is 0 Å². The van der Waals surface area contributed by atoms with Crippen molar-refractivity contribution in [1.29, 1.82) is 0 Å². The van der Waals surface area contributed by atoms with Crippen molar-refractivity contribution in [3.8, 4) is 0 Å². The largest absolute Gasteiger partial charge is 0.373 e. The van der Waals surface area contributed by atoms with Gasteiger partial charge in [-0.1, -0.05) is 6.92 Å². The molecule has 0 saturated carbocycles. The number of rotatable bonds is 6. The number of sulfonamides is 1. The van der Waals surface area contributed by atoms with Crippen LogP contribution in [0.1, 0.15) is 16.8 Å². The summed E-state index contributed by atoms with van der Waals surface area (Å²) in [5.74, 6) is 0. The van der Waals surface area contributed by atoms with Gasteiger partial charge in [0, 0.05) is 17.1 Å². The Balaban J connectivity index is 2.25. The van der Waals surface area contributed by atoms with E-state index in [9.17, 15) is 18.5 Å². The van der Waals surface area contributed by atoms with Crippen molar-refractivity contribution < 1.29 is 13.3 Å². The van der Waals surface area contributed by atoms with Crippen LogP contribution in [0.3, 0.4) is 0 Å². The summed E-state index contributed by atoms with van der Waals surface area (Å²) in [6, 6.07) is 3.49. The summed E-state index contributed by atoms with van der Waals surface area (Å²) in [5.41, 5.74) is -0.135. The Morgan fingerprint density at radius 3 is 2.73 bits per heavy atom. The van der Waals surface area contributed by atoms with E-state index < -0.39 is 14.9 Å². The molecule has 10 heteroatoms. The zero-order chi connectivity index (χ0) is 16.3. The van der Waals surface area contributed by atoms with Crippen LogP contribution in [0.25, 0.3) is 0 Å². The van der Waals surface area contributed by atoms with Crippen molar-refractivity contribution in [3.05, 3.63) is 44.4 Å². The number of nitrogens with zero attached hydrogens (tertiary/aromatic N) is 2. The van der Waals surface area contributed by atoms with E-state index in [1.807, 2.05) is 6.92 Å². The van der Waals surface area contributed by atoms with Gasteiger partial charge in [-0.25, -0.2) is 18.5 Å². The minimum Gasteiger partial charge on any atom is -0.373 e. The average molecular weight is 342 g/mol. The van der Waals surface area contributed by atoms with Crippen LogP contribution in [0.5, 0.6) is 0 Å². The Morgan fingerprint density at radius 1 is 1.45 bits per heavy atom. The van der Waals surface area contributed by atoms with E-state index in [-0.39, 0.29) is 16.3 Å². The van der Waals surface area contributed by atoms with Gasteiger partial charge in [0.05, 0.1) is 16.4 Å². The third kappa shape index (κ3) is 3.78.